The molecule has 10 heterocycles. The van der Waals surface area contributed by atoms with Crippen LogP contribution in [0.5, 0.6) is 0 Å². The Hall–Kier alpha value is -14.1. The molecule has 14 aromatic rings. The molecule has 0 saturated carbocycles. The Morgan fingerprint density at radius 1 is 0.433 bits per heavy atom. The molecule has 8 aromatic heterocycles. The first-order valence-corrected chi connectivity index (χ1v) is 44.1. The van der Waals surface area contributed by atoms with Crippen LogP contribution < -0.4 is 0 Å². The number of Topliss-reactive ketones (excluding diaryl/α,β-unsaturated/α-hetero) is 2. The van der Waals surface area contributed by atoms with Crippen molar-refractivity contribution in [2.24, 2.45) is 0 Å². The standard InChI is InChI=1S/C27H27FN4O3.C26H23FN4O3.C26H30FN3O3.C25H26FN3O3/c1-18(33)15-23(35)16-22(34)12-14-32-26(24-11-13-29-17-30-24)25(19-7-9-21(28)10-8-19)31-27(32)20-5-3-2-4-6-20;27-19-8-6-17(7-9-19)24-25(22-10-12-28-16-29-22)31(26(30-24)18-4-2-1-3-5-18)13-11-21-14-20(32)15-23(33)34-21;1-17(31)15-22(33)16-21(32)11-14-30-24(19-9-12-28-13-10-19)23(29-25(30)26(2,3)4)18-5-7-20(27)8-6-18;1-25(2,3)24-28-22(16-4-6-18(26)7-5-16)23(17-8-11-27-12-9-17)29(24)13-10-20-14-19(30)15-21(31)32-20/h2-11,13,17,22-23,34-35H,12,14-16H2,1H3;1-10,12,16,20-21,32H,11,13-15H2;5-14,21-22,32-33H,15-16H2,1-4H3;4-13,19-20,30H,14-15H2,1-3H3/b;;14-11+;13-10+/t22-,23+;20-,21-;21-,22+;19-,20-/m1111/s1. The molecule has 134 heavy (non-hydrogen) atoms. The summed E-state index contributed by atoms with van der Waals surface area (Å²) in [6.07, 6.45) is 15.8. The molecule has 0 aliphatic carbocycles. The molecule has 0 bridgehead atoms. The van der Waals surface area contributed by atoms with Crippen LogP contribution in [0, 0.1) is 23.3 Å². The predicted molar refractivity (Wildman–Crippen MR) is 501 cm³/mol. The molecule has 6 N–H and O–H groups in total. The third-order valence-corrected chi connectivity index (χ3v) is 22.0. The largest absolute Gasteiger partial charge is 0.462 e. The Balaban J connectivity index is 0.000000152. The number of esters is 2. The van der Waals surface area contributed by atoms with Crippen LogP contribution in [-0.2, 0) is 52.6 Å². The molecule has 30 heteroatoms. The summed E-state index contributed by atoms with van der Waals surface area (Å²) in [5.74, 6) is 0.573. The Bertz CT molecular complexity index is 6320. The van der Waals surface area contributed by atoms with Crippen LogP contribution in [-0.4, -0.2) is 171 Å². The zero-order valence-corrected chi connectivity index (χ0v) is 75.4. The van der Waals surface area contributed by atoms with Crippen LogP contribution in [0.4, 0.5) is 17.6 Å². The second kappa shape index (κ2) is 44.9. The molecule has 2 aliphatic rings. The van der Waals surface area contributed by atoms with Gasteiger partial charge in [-0.25, -0.2) is 57.4 Å². The molecule has 6 aromatic carbocycles. The Labute approximate surface area is 773 Å². The molecule has 0 amide bonds. The summed E-state index contributed by atoms with van der Waals surface area (Å²) in [5.41, 5.74) is 13.0. The average molecular weight is 1820 g/mol. The van der Waals surface area contributed by atoms with Gasteiger partial charge >= 0.3 is 11.9 Å². The minimum Gasteiger partial charge on any atom is -0.462 e. The molecule has 2 aliphatic heterocycles. The number of cyclic esters (lactones) is 2. The molecular formula is C104H106F4N14O12. The molecule has 26 nitrogen and oxygen atoms in total. The highest BCUT2D eigenvalue weighted by Gasteiger charge is 2.34. The van der Waals surface area contributed by atoms with Crippen molar-refractivity contribution >= 4 is 35.9 Å². The van der Waals surface area contributed by atoms with E-state index in [-0.39, 0.29) is 90.2 Å². The smallest absolute Gasteiger partial charge is 0.309 e. The fourth-order valence-corrected chi connectivity index (χ4v) is 15.9. The van der Waals surface area contributed by atoms with E-state index in [1.165, 1.54) is 75.0 Å². The first-order valence-electron chi connectivity index (χ1n) is 44.1. The van der Waals surface area contributed by atoms with E-state index >= 15 is 0 Å². The lowest BCUT2D eigenvalue weighted by Gasteiger charge is -2.26. The van der Waals surface area contributed by atoms with Crippen molar-refractivity contribution in [1.82, 2.24) is 68.1 Å². The summed E-state index contributed by atoms with van der Waals surface area (Å²) in [5, 5.41) is 61.1. The first-order chi connectivity index (χ1) is 64.3. The van der Waals surface area contributed by atoms with Crippen molar-refractivity contribution in [2.45, 2.75) is 192 Å². The number of carbonyl (C=O) groups excluding carboxylic acids is 4. The van der Waals surface area contributed by atoms with E-state index in [0.717, 1.165) is 79.1 Å². The van der Waals surface area contributed by atoms with Gasteiger partial charge in [0.2, 0.25) is 0 Å². The van der Waals surface area contributed by atoms with Gasteiger partial charge in [-0.2, -0.15) is 0 Å². The number of ketones is 2. The second-order valence-electron chi connectivity index (χ2n) is 34.9. The van der Waals surface area contributed by atoms with E-state index in [9.17, 15) is 67.4 Å². The number of hydrogen-bond acceptors (Lipinski definition) is 22. The van der Waals surface area contributed by atoms with Gasteiger partial charge in [0.05, 0.1) is 106 Å². The van der Waals surface area contributed by atoms with Crippen LogP contribution >= 0.6 is 0 Å². The van der Waals surface area contributed by atoms with Gasteiger partial charge < -0.3 is 58.4 Å². The third kappa shape index (κ3) is 25.8. The van der Waals surface area contributed by atoms with E-state index in [2.05, 4.69) is 50.7 Å². The zero-order valence-electron chi connectivity index (χ0n) is 75.4. The van der Waals surface area contributed by atoms with E-state index in [1.807, 2.05) is 130 Å². The summed E-state index contributed by atoms with van der Waals surface area (Å²) in [4.78, 5) is 91.1. The summed E-state index contributed by atoms with van der Waals surface area (Å²) in [6.45, 7) is 16.0. The monoisotopic (exact) mass is 1820 g/mol. The van der Waals surface area contributed by atoms with E-state index in [0.29, 0.717) is 84.5 Å². The second-order valence-corrected chi connectivity index (χ2v) is 34.9. The lowest BCUT2D eigenvalue weighted by molar-refractivity contribution is -0.160. The van der Waals surface area contributed by atoms with Crippen LogP contribution in [0.1, 0.15) is 131 Å². The van der Waals surface area contributed by atoms with Crippen LogP contribution in [0.3, 0.4) is 0 Å². The number of benzene rings is 6. The average Bonchev–Trinajstić information content (AvgIpc) is 1.62. The molecular weight excluding hydrogens is 1710 g/mol. The lowest BCUT2D eigenvalue weighted by Crippen LogP contribution is -2.33. The van der Waals surface area contributed by atoms with Gasteiger partial charge in [0, 0.05) is 157 Å². The number of imidazole rings is 4. The van der Waals surface area contributed by atoms with Crippen molar-refractivity contribution in [2.75, 3.05) is 0 Å². The highest BCUT2D eigenvalue weighted by atomic mass is 19.1. The number of aromatic nitrogens is 14. The van der Waals surface area contributed by atoms with Crippen molar-refractivity contribution in [3.8, 4) is 113 Å². The Morgan fingerprint density at radius 2 is 0.813 bits per heavy atom. The van der Waals surface area contributed by atoms with Gasteiger partial charge in [-0.1, -0.05) is 102 Å². The van der Waals surface area contributed by atoms with E-state index < -0.39 is 54.8 Å². The minimum atomic E-state index is -0.950. The molecule has 8 atom stereocenters. The topological polar surface area (TPSA) is 357 Å². The van der Waals surface area contributed by atoms with Gasteiger partial charge in [-0.05, 0) is 172 Å². The van der Waals surface area contributed by atoms with Crippen molar-refractivity contribution in [3.05, 3.63) is 291 Å². The number of rotatable bonds is 28. The SMILES string of the molecule is CC(=O)C[C@H](O)C[C@H](O)/C=C/n1c(C(C)(C)C)nc(-c2ccc(F)cc2)c1-c1ccncc1.CC(=O)C[C@H](O)C[C@H](O)CCn1c(-c2ccccc2)nc(-c2ccc(F)cc2)c1-c1ccncn1.CC(C)(C)c1nc(-c2ccc(F)cc2)c(-c2ccncc2)n1/C=C/[C@@H]1C[C@@H](O)CC(=O)O1.O=C1C[C@H](O)C[C@@H](CCn2c(-c3ccccc3)nc(-c3ccc(F)cc3)c2-c2ccncn2)O1. The van der Waals surface area contributed by atoms with Gasteiger partial charge in [0.1, 0.15) is 83.0 Å². The van der Waals surface area contributed by atoms with E-state index in [1.54, 1.807) is 116 Å². The van der Waals surface area contributed by atoms with Crippen LogP contribution in [0.15, 0.2) is 256 Å². The molecule has 0 unspecified atom stereocenters. The fourth-order valence-electron chi connectivity index (χ4n) is 15.9. The predicted octanol–water partition coefficient (Wildman–Crippen LogP) is 17.8. The maximum atomic E-state index is 13.7. The molecule has 0 radical (unpaired) electrons. The summed E-state index contributed by atoms with van der Waals surface area (Å²) < 4.78 is 73.2. The van der Waals surface area contributed by atoms with Crippen molar-refractivity contribution in [3.63, 3.8) is 0 Å². The highest BCUT2D eigenvalue weighted by Crippen LogP contribution is 2.43. The number of carbonyl (C=O) groups is 4. The van der Waals surface area contributed by atoms with Gasteiger partial charge in [-0.3, -0.25) is 29.1 Å². The highest BCUT2D eigenvalue weighted by molar-refractivity contribution is 5.85. The first kappa shape index (κ1) is 97.4. The minimum absolute atomic E-state index is 0.000195. The maximum Gasteiger partial charge on any atom is 0.309 e. The number of hydrogen-bond donors (Lipinski definition) is 6. The molecule has 16 rings (SSSR count). The normalized spacial score (nSPS) is 16.0. The summed E-state index contributed by atoms with van der Waals surface area (Å²) in [6, 6.07) is 55.3. The summed E-state index contributed by atoms with van der Waals surface area (Å²) in [7, 11) is 0. The van der Waals surface area contributed by atoms with Crippen LogP contribution in [0.25, 0.3) is 125 Å². The quantitative estimate of drug-likeness (QED) is 0.0196. The lowest BCUT2D eigenvalue weighted by atomic mass is 9.95. The number of ether oxygens (including phenoxy) is 2. The van der Waals surface area contributed by atoms with Crippen molar-refractivity contribution in [1.29, 1.82) is 0 Å². The Kier molecular flexibility index (Phi) is 32.6. The zero-order chi connectivity index (χ0) is 95.3. The fraction of sp³-hybridized carbons (Fsp3) is 0.288. The van der Waals surface area contributed by atoms with Crippen LogP contribution in [0.2, 0.25) is 0 Å². The van der Waals surface area contributed by atoms with Gasteiger partial charge in [-0.15, -0.1) is 0 Å². The number of aliphatic hydroxyl groups is 6. The third-order valence-electron chi connectivity index (χ3n) is 22.0. The molecule has 0 spiro atoms. The van der Waals surface area contributed by atoms with E-state index in [4.69, 9.17) is 29.4 Å². The number of nitrogens with zero attached hydrogens (tertiary/aromatic N) is 14. The molecule has 692 valence electrons. The van der Waals surface area contributed by atoms with Gasteiger partial charge in [0.15, 0.2) is 0 Å². The molecule has 2 fully saturated rings. The number of halogens is 4. The van der Waals surface area contributed by atoms with Crippen molar-refractivity contribution < 1.29 is 76.9 Å². The Morgan fingerprint density at radius 3 is 1.20 bits per heavy atom. The number of aliphatic hydroxyl groups excluding tert-OH is 6. The molecule has 2 saturated heterocycles. The number of pyridine rings is 2. The van der Waals surface area contributed by atoms with Gasteiger partial charge in [0.25, 0.3) is 0 Å². The maximum absolute atomic E-state index is 13.7. The summed E-state index contributed by atoms with van der Waals surface area (Å²) >= 11 is 0.